The maximum atomic E-state index is 13.1. The second kappa shape index (κ2) is 4.59. The number of aromatic nitrogens is 3. The third-order valence-electron chi connectivity index (χ3n) is 3.33. The molecule has 2 N–H and O–H groups in total. The van der Waals surface area contributed by atoms with E-state index >= 15 is 0 Å². The van der Waals surface area contributed by atoms with Crippen molar-refractivity contribution in [2.24, 2.45) is 5.73 Å². The SMILES string of the molecule is NCc1nnc(-c2ccccc2C(F)(F)F)n1C1CC1. The van der Waals surface area contributed by atoms with Crippen molar-refractivity contribution in [2.75, 3.05) is 0 Å². The van der Waals surface area contributed by atoms with E-state index in [1.807, 2.05) is 0 Å². The van der Waals surface area contributed by atoms with E-state index in [0.717, 1.165) is 18.9 Å². The van der Waals surface area contributed by atoms with E-state index in [9.17, 15) is 13.2 Å². The average Bonchev–Trinajstić information content (AvgIpc) is 3.16. The molecule has 1 aromatic heterocycles. The maximum absolute atomic E-state index is 13.1. The fourth-order valence-electron chi connectivity index (χ4n) is 2.29. The van der Waals surface area contributed by atoms with Crippen molar-refractivity contribution >= 4 is 0 Å². The molecule has 0 saturated heterocycles. The first kappa shape index (κ1) is 13.1. The maximum Gasteiger partial charge on any atom is 0.417 e. The lowest BCUT2D eigenvalue weighted by Gasteiger charge is -2.13. The van der Waals surface area contributed by atoms with Crippen molar-refractivity contribution in [2.45, 2.75) is 31.6 Å². The van der Waals surface area contributed by atoms with Crippen molar-refractivity contribution in [3.05, 3.63) is 35.7 Å². The third kappa shape index (κ3) is 2.18. The number of nitrogens with two attached hydrogens (primary N) is 1. The second-order valence-electron chi connectivity index (χ2n) is 4.79. The Labute approximate surface area is 113 Å². The van der Waals surface area contributed by atoms with Crippen LogP contribution in [0.3, 0.4) is 0 Å². The molecule has 1 aliphatic carbocycles. The molecule has 4 nitrogen and oxygen atoms in total. The number of hydrogen-bond acceptors (Lipinski definition) is 3. The highest BCUT2D eigenvalue weighted by Crippen LogP contribution is 2.42. The summed E-state index contributed by atoms with van der Waals surface area (Å²) in [6.07, 6.45) is -2.57. The highest BCUT2D eigenvalue weighted by Gasteiger charge is 2.36. The van der Waals surface area contributed by atoms with Gasteiger partial charge in [-0.3, -0.25) is 0 Å². The molecule has 0 atom stereocenters. The lowest BCUT2D eigenvalue weighted by Crippen LogP contribution is -2.11. The average molecular weight is 282 g/mol. The fraction of sp³-hybridized carbons (Fsp3) is 0.385. The zero-order chi connectivity index (χ0) is 14.3. The van der Waals surface area contributed by atoms with E-state index < -0.39 is 11.7 Å². The van der Waals surface area contributed by atoms with Gasteiger partial charge in [-0.1, -0.05) is 18.2 Å². The highest BCUT2D eigenvalue weighted by molar-refractivity contribution is 5.62. The Balaban J connectivity index is 2.17. The summed E-state index contributed by atoms with van der Waals surface area (Å²) in [6.45, 7) is 0.164. The highest BCUT2D eigenvalue weighted by atomic mass is 19.4. The first-order valence-corrected chi connectivity index (χ1v) is 6.33. The van der Waals surface area contributed by atoms with E-state index in [1.165, 1.54) is 12.1 Å². The van der Waals surface area contributed by atoms with Crippen molar-refractivity contribution in [3.63, 3.8) is 0 Å². The summed E-state index contributed by atoms with van der Waals surface area (Å²) in [6, 6.07) is 5.59. The monoisotopic (exact) mass is 282 g/mol. The molecular weight excluding hydrogens is 269 g/mol. The molecular formula is C13H13F3N4. The molecule has 0 radical (unpaired) electrons. The number of benzene rings is 1. The molecule has 0 amide bonds. The zero-order valence-corrected chi connectivity index (χ0v) is 10.6. The van der Waals surface area contributed by atoms with E-state index in [-0.39, 0.29) is 24.0 Å². The molecule has 1 saturated carbocycles. The van der Waals surface area contributed by atoms with Crippen molar-refractivity contribution in [3.8, 4) is 11.4 Å². The Morgan fingerprint density at radius 1 is 1.20 bits per heavy atom. The Hall–Kier alpha value is -1.89. The Morgan fingerprint density at radius 2 is 1.90 bits per heavy atom. The molecule has 0 spiro atoms. The number of nitrogens with zero attached hydrogens (tertiary/aromatic N) is 3. The standard InChI is InChI=1S/C13H13F3N4/c14-13(15,16)10-4-2-1-3-9(10)12-19-18-11(7-17)20(12)8-5-6-8/h1-4,8H,5-7,17H2. The van der Waals surface area contributed by atoms with Crippen LogP contribution in [0.5, 0.6) is 0 Å². The van der Waals surface area contributed by atoms with Crippen LogP contribution < -0.4 is 5.73 Å². The minimum atomic E-state index is -4.42. The van der Waals surface area contributed by atoms with Crippen molar-refractivity contribution in [1.82, 2.24) is 14.8 Å². The normalized spacial score (nSPS) is 15.6. The number of rotatable bonds is 3. The van der Waals surface area contributed by atoms with Crippen molar-refractivity contribution < 1.29 is 13.2 Å². The minimum absolute atomic E-state index is 0.0547. The molecule has 1 aromatic carbocycles. The van der Waals surface area contributed by atoms with Gasteiger partial charge in [0.05, 0.1) is 12.1 Å². The van der Waals surface area contributed by atoms with Crippen LogP contribution in [0.2, 0.25) is 0 Å². The van der Waals surface area contributed by atoms with Gasteiger partial charge in [0.15, 0.2) is 5.82 Å². The van der Waals surface area contributed by atoms with Gasteiger partial charge in [-0.25, -0.2) is 0 Å². The van der Waals surface area contributed by atoms with Gasteiger partial charge in [-0.2, -0.15) is 13.2 Å². The third-order valence-corrected chi connectivity index (χ3v) is 3.33. The quantitative estimate of drug-likeness (QED) is 0.941. The molecule has 7 heteroatoms. The molecule has 2 aromatic rings. The van der Waals surface area contributed by atoms with Crippen LogP contribution >= 0.6 is 0 Å². The molecule has 0 bridgehead atoms. The molecule has 1 aliphatic rings. The van der Waals surface area contributed by atoms with Gasteiger partial charge in [0, 0.05) is 11.6 Å². The molecule has 0 aliphatic heterocycles. The fourth-order valence-corrected chi connectivity index (χ4v) is 2.29. The molecule has 1 fully saturated rings. The smallest absolute Gasteiger partial charge is 0.324 e. The number of hydrogen-bond donors (Lipinski definition) is 1. The first-order chi connectivity index (χ1) is 9.52. The number of alkyl halides is 3. The summed E-state index contributed by atoms with van der Waals surface area (Å²) in [5, 5.41) is 7.84. The Morgan fingerprint density at radius 3 is 2.50 bits per heavy atom. The Bertz CT molecular complexity index is 629. The zero-order valence-electron chi connectivity index (χ0n) is 10.6. The van der Waals surface area contributed by atoms with Crippen LogP contribution in [0, 0.1) is 0 Å². The van der Waals surface area contributed by atoms with E-state index in [4.69, 9.17) is 5.73 Å². The van der Waals surface area contributed by atoms with Gasteiger partial charge in [0.25, 0.3) is 0 Å². The summed E-state index contributed by atoms with van der Waals surface area (Å²) in [5.74, 6) is 0.778. The van der Waals surface area contributed by atoms with Crippen LogP contribution in [-0.4, -0.2) is 14.8 Å². The van der Waals surface area contributed by atoms with Gasteiger partial charge in [0.2, 0.25) is 0 Å². The lowest BCUT2D eigenvalue weighted by atomic mass is 10.1. The molecule has 1 heterocycles. The Kier molecular flexibility index (Phi) is 3.01. The van der Waals surface area contributed by atoms with Crippen LogP contribution in [-0.2, 0) is 12.7 Å². The molecule has 106 valence electrons. The van der Waals surface area contributed by atoms with Crippen LogP contribution in [0.4, 0.5) is 13.2 Å². The largest absolute Gasteiger partial charge is 0.417 e. The van der Waals surface area contributed by atoms with E-state index in [1.54, 1.807) is 10.6 Å². The lowest BCUT2D eigenvalue weighted by molar-refractivity contribution is -0.137. The predicted octanol–water partition coefficient (Wildman–Crippen LogP) is 2.76. The van der Waals surface area contributed by atoms with Gasteiger partial charge in [-0.15, -0.1) is 10.2 Å². The summed E-state index contributed by atoms with van der Waals surface area (Å²) in [7, 11) is 0. The van der Waals surface area contributed by atoms with E-state index in [2.05, 4.69) is 10.2 Å². The van der Waals surface area contributed by atoms with E-state index in [0.29, 0.717) is 5.82 Å². The number of halogens is 3. The summed E-state index contributed by atoms with van der Waals surface area (Å²) < 4.78 is 41.0. The van der Waals surface area contributed by atoms with Gasteiger partial charge < -0.3 is 10.3 Å². The molecule has 0 unspecified atom stereocenters. The van der Waals surface area contributed by atoms with Gasteiger partial charge in [-0.05, 0) is 18.9 Å². The second-order valence-corrected chi connectivity index (χ2v) is 4.79. The molecule has 3 rings (SSSR count). The van der Waals surface area contributed by atoms with Crippen LogP contribution in [0.25, 0.3) is 11.4 Å². The summed E-state index contributed by atoms with van der Waals surface area (Å²) in [5.41, 5.74) is 4.94. The molecule has 20 heavy (non-hydrogen) atoms. The first-order valence-electron chi connectivity index (χ1n) is 6.33. The summed E-state index contributed by atoms with van der Waals surface area (Å²) in [4.78, 5) is 0. The van der Waals surface area contributed by atoms with Crippen LogP contribution in [0.1, 0.15) is 30.3 Å². The van der Waals surface area contributed by atoms with Crippen molar-refractivity contribution in [1.29, 1.82) is 0 Å². The van der Waals surface area contributed by atoms with Gasteiger partial charge >= 0.3 is 6.18 Å². The summed E-state index contributed by atoms with van der Waals surface area (Å²) >= 11 is 0. The predicted molar refractivity (Wildman–Crippen MR) is 66.6 cm³/mol. The van der Waals surface area contributed by atoms with Gasteiger partial charge in [0.1, 0.15) is 5.82 Å². The minimum Gasteiger partial charge on any atom is -0.324 e. The van der Waals surface area contributed by atoms with Crippen LogP contribution in [0.15, 0.2) is 24.3 Å². The topological polar surface area (TPSA) is 56.7 Å².